The Labute approximate surface area is 135 Å². The second-order valence-electron chi connectivity index (χ2n) is 4.77. The predicted molar refractivity (Wildman–Crippen MR) is 87.7 cm³/mol. The smallest absolute Gasteiger partial charge is 0.344 e. The topological polar surface area (TPSA) is 52.6 Å². The third-order valence-electron chi connectivity index (χ3n) is 3.29. The molecule has 0 bridgehead atoms. The van der Waals surface area contributed by atoms with Crippen LogP contribution in [0.3, 0.4) is 0 Å². The van der Waals surface area contributed by atoms with E-state index in [2.05, 4.69) is 0 Å². The van der Waals surface area contributed by atoms with Gasteiger partial charge in [0.15, 0.2) is 12.0 Å². The molecule has 0 saturated heterocycles. The summed E-state index contributed by atoms with van der Waals surface area (Å²) in [4.78, 5) is 23.9. The number of hydrogen-bond donors (Lipinski definition) is 0. The molecule has 0 fully saturated rings. The van der Waals surface area contributed by atoms with E-state index < -0.39 is 11.8 Å². The minimum Gasteiger partial charge on any atom is -0.480 e. The highest BCUT2D eigenvalue weighted by Crippen LogP contribution is 2.33. The van der Waals surface area contributed by atoms with Gasteiger partial charge < -0.3 is 9.47 Å². The molecule has 3 aromatic rings. The normalized spacial score (nSPS) is 10.9. The van der Waals surface area contributed by atoms with Crippen molar-refractivity contribution in [2.24, 2.45) is 0 Å². The quantitative estimate of drug-likeness (QED) is 0.542. The lowest BCUT2D eigenvalue weighted by Gasteiger charge is -2.09. The Kier molecular flexibility index (Phi) is 4.25. The van der Waals surface area contributed by atoms with E-state index in [1.165, 1.54) is 23.5 Å². The summed E-state index contributed by atoms with van der Waals surface area (Å²) in [7, 11) is 0. The van der Waals surface area contributed by atoms with Crippen LogP contribution in [0.4, 0.5) is 4.39 Å². The minimum absolute atomic E-state index is 0.0185. The van der Waals surface area contributed by atoms with Gasteiger partial charge in [0.25, 0.3) is 0 Å². The van der Waals surface area contributed by atoms with Crippen LogP contribution in [-0.4, -0.2) is 19.2 Å². The number of ether oxygens (including phenoxy) is 2. The molecule has 0 radical (unpaired) electrons. The molecule has 0 unspecified atom stereocenters. The third-order valence-corrected chi connectivity index (χ3v) is 4.48. The molecule has 2 aromatic carbocycles. The Morgan fingerprint density at radius 1 is 1.22 bits per heavy atom. The van der Waals surface area contributed by atoms with Crippen molar-refractivity contribution in [1.29, 1.82) is 0 Å². The number of fused-ring (bicyclic) bond motifs is 2. The van der Waals surface area contributed by atoms with E-state index in [0.717, 1.165) is 4.70 Å². The molecule has 0 aliphatic carbocycles. The molecule has 0 N–H and O–H groups in total. The zero-order valence-electron chi connectivity index (χ0n) is 12.3. The van der Waals surface area contributed by atoms with Gasteiger partial charge in [-0.05, 0) is 31.2 Å². The van der Waals surface area contributed by atoms with Crippen LogP contribution in [0.1, 0.15) is 6.92 Å². The summed E-state index contributed by atoms with van der Waals surface area (Å²) in [5, 5.41) is 0.446. The first-order valence-corrected chi connectivity index (χ1v) is 7.86. The molecule has 1 heterocycles. The van der Waals surface area contributed by atoms with Crippen molar-refractivity contribution in [3.05, 3.63) is 52.4 Å². The molecular weight excluding hydrogens is 319 g/mol. The molecule has 0 amide bonds. The summed E-state index contributed by atoms with van der Waals surface area (Å²) in [6.07, 6.45) is 0. The fourth-order valence-corrected chi connectivity index (χ4v) is 3.45. The summed E-state index contributed by atoms with van der Waals surface area (Å²) in [5.74, 6) is -0.823. The molecule has 23 heavy (non-hydrogen) atoms. The zero-order chi connectivity index (χ0) is 16.4. The Morgan fingerprint density at radius 3 is 2.78 bits per heavy atom. The number of rotatable bonds is 4. The number of carbonyl (C=O) groups is 1. The minimum atomic E-state index is -0.601. The van der Waals surface area contributed by atoms with Crippen LogP contribution in [0.2, 0.25) is 0 Å². The molecule has 6 heteroatoms. The van der Waals surface area contributed by atoms with Crippen LogP contribution in [0.15, 0.2) is 41.2 Å². The first-order chi connectivity index (χ1) is 11.1. The lowest BCUT2D eigenvalue weighted by Crippen LogP contribution is -2.15. The van der Waals surface area contributed by atoms with Gasteiger partial charge >= 0.3 is 5.97 Å². The van der Waals surface area contributed by atoms with E-state index in [4.69, 9.17) is 9.47 Å². The standard InChI is InChI=1S/C17H13FO4S/c1-2-21-14(19)9-22-12-8-7-11(18)15-16(20)10-5-3-4-6-13(10)23-17(12)15/h3-8H,2,9H2,1H3. The fourth-order valence-electron chi connectivity index (χ4n) is 2.29. The summed E-state index contributed by atoms with van der Waals surface area (Å²) >= 11 is 1.25. The van der Waals surface area contributed by atoms with Crippen LogP contribution in [0, 0.1) is 5.82 Å². The largest absolute Gasteiger partial charge is 0.480 e. The van der Waals surface area contributed by atoms with Crippen molar-refractivity contribution in [2.45, 2.75) is 6.92 Å². The van der Waals surface area contributed by atoms with E-state index in [1.54, 1.807) is 25.1 Å². The zero-order valence-corrected chi connectivity index (χ0v) is 13.1. The molecule has 0 aliphatic heterocycles. The summed E-state index contributed by atoms with van der Waals surface area (Å²) in [5.41, 5.74) is -0.381. The number of halogens is 1. The Balaban J connectivity index is 2.15. The predicted octanol–water partition coefficient (Wildman–Crippen LogP) is 3.50. The highest BCUT2D eigenvalue weighted by molar-refractivity contribution is 7.24. The number of esters is 1. The lowest BCUT2D eigenvalue weighted by atomic mass is 10.1. The van der Waals surface area contributed by atoms with Gasteiger partial charge in [-0.15, -0.1) is 11.3 Å². The second-order valence-corrected chi connectivity index (χ2v) is 5.82. The van der Waals surface area contributed by atoms with Crippen molar-refractivity contribution >= 4 is 37.5 Å². The highest BCUT2D eigenvalue weighted by Gasteiger charge is 2.15. The molecule has 0 atom stereocenters. The van der Waals surface area contributed by atoms with Gasteiger partial charge in [-0.1, -0.05) is 12.1 Å². The highest BCUT2D eigenvalue weighted by atomic mass is 32.1. The van der Waals surface area contributed by atoms with Gasteiger partial charge in [0.2, 0.25) is 0 Å². The Morgan fingerprint density at radius 2 is 2.00 bits per heavy atom. The fraction of sp³-hybridized carbons (Fsp3) is 0.176. The summed E-state index contributed by atoms with van der Waals surface area (Å²) < 4.78 is 25.5. The van der Waals surface area contributed by atoms with E-state index in [9.17, 15) is 14.0 Å². The van der Waals surface area contributed by atoms with E-state index in [-0.39, 0.29) is 24.0 Å². The maximum Gasteiger partial charge on any atom is 0.344 e. The number of benzene rings is 2. The van der Waals surface area contributed by atoms with Crippen molar-refractivity contribution < 1.29 is 18.7 Å². The molecule has 118 valence electrons. The van der Waals surface area contributed by atoms with Gasteiger partial charge in [-0.3, -0.25) is 4.79 Å². The van der Waals surface area contributed by atoms with Crippen LogP contribution in [0.25, 0.3) is 20.2 Å². The molecule has 3 rings (SSSR count). The van der Waals surface area contributed by atoms with Gasteiger partial charge in [-0.25, -0.2) is 9.18 Å². The Hall–Kier alpha value is -2.47. The SMILES string of the molecule is CCOC(=O)COc1ccc(F)c2c(=O)c3ccccc3sc12. The van der Waals surface area contributed by atoms with E-state index in [0.29, 0.717) is 15.8 Å². The van der Waals surface area contributed by atoms with Gasteiger partial charge in [-0.2, -0.15) is 0 Å². The number of hydrogen-bond acceptors (Lipinski definition) is 5. The van der Waals surface area contributed by atoms with Crippen LogP contribution in [-0.2, 0) is 9.53 Å². The van der Waals surface area contributed by atoms with E-state index in [1.807, 2.05) is 6.07 Å². The average molecular weight is 332 g/mol. The number of carbonyl (C=O) groups excluding carboxylic acids is 1. The lowest BCUT2D eigenvalue weighted by molar-refractivity contribution is -0.145. The van der Waals surface area contributed by atoms with Crippen LogP contribution in [0.5, 0.6) is 5.75 Å². The van der Waals surface area contributed by atoms with Crippen LogP contribution < -0.4 is 10.2 Å². The first kappa shape index (κ1) is 15.4. The monoisotopic (exact) mass is 332 g/mol. The van der Waals surface area contributed by atoms with Gasteiger partial charge in [0.05, 0.1) is 16.7 Å². The van der Waals surface area contributed by atoms with Crippen molar-refractivity contribution in [2.75, 3.05) is 13.2 Å². The summed E-state index contributed by atoms with van der Waals surface area (Å²) in [6.45, 7) is 1.66. The summed E-state index contributed by atoms with van der Waals surface area (Å²) in [6, 6.07) is 9.59. The molecule has 1 aromatic heterocycles. The van der Waals surface area contributed by atoms with Gasteiger partial charge in [0.1, 0.15) is 11.6 Å². The third kappa shape index (κ3) is 2.90. The molecule has 0 spiro atoms. The van der Waals surface area contributed by atoms with Crippen molar-refractivity contribution in [1.82, 2.24) is 0 Å². The molecule has 4 nitrogen and oxygen atoms in total. The van der Waals surface area contributed by atoms with Crippen molar-refractivity contribution in [3.63, 3.8) is 0 Å². The van der Waals surface area contributed by atoms with Crippen molar-refractivity contribution in [3.8, 4) is 5.75 Å². The molecular formula is C17H13FO4S. The van der Waals surface area contributed by atoms with E-state index >= 15 is 0 Å². The molecule has 0 saturated carbocycles. The average Bonchev–Trinajstić information content (AvgIpc) is 2.54. The maximum atomic E-state index is 14.1. The second kappa shape index (κ2) is 6.34. The first-order valence-electron chi connectivity index (χ1n) is 7.04. The van der Waals surface area contributed by atoms with Gasteiger partial charge in [0, 0.05) is 10.1 Å². The Bertz CT molecular complexity index is 948. The molecule has 0 aliphatic rings. The van der Waals surface area contributed by atoms with Crippen LogP contribution >= 0.6 is 11.3 Å². The maximum absolute atomic E-state index is 14.1.